The Hall–Kier alpha value is -3.86. The van der Waals surface area contributed by atoms with Crippen LogP contribution in [0.15, 0.2) is 94.3 Å². The van der Waals surface area contributed by atoms with Crippen molar-refractivity contribution in [2.24, 2.45) is 0 Å². The number of rotatable bonds is 6. The zero-order valence-corrected chi connectivity index (χ0v) is 17.4. The van der Waals surface area contributed by atoms with Crippen LogP contribution in [0.4, 0.5) is 4.79 Å². The lowest BCUT2D eigenvalue weighted by Gasteiger charge is -2.23. The van der Waals surface area contributed by atoms with Crippen LogP contribution in [0.25, 0.3) is 11.0 Å². The van der Waals surface area contributed by atoms with Gasteiger partial charge in [-0.2, -0.15) is 0 Å². The lowest BCUT2D eigenvalue weighted by Crippen LogP contribution is -2.39. The molecule has 2 amide bonds. The van der Waals surface area contributed by atoms with Crippen LogP contribution in [0.5, 0.6) is 0 Å². The molecule has 0 spiro atoms. The Kier molecular flexibility index (Phi) is 6.13. The van der Waals surface area contributed by atoms with Gasteiger partial charge < -0.3 is 14.6 Å². The lowest BCUT2D eigenvalue weighted by molar-refractivity contribution is 0.191. The summed E-state index contributed by atoms with van der Waals surface area (Å²) in [6.07, 6.45) is 1.46. The molecule has 0 saturated carbocycles. The summed E-state index contributed by atoms with van der Waals surface area (Å²) in [7, 11) is 0. The Bertz CT molecular complexity index is 1230. The van der Waals surface area contributed by atoms with Crippen LogP contribution in [0, 0.1) is 6.92 Å². The van der Waals surface area contributed by atoms with Gasteiger partial charge in [-0.3, -0.25) is 4.79 Å². The Morgan fingerprint density at radius 3 is 2.29 bits per heavy atom. The second-order valence-corrected chi connectivity index (χ2v) is 7.58. The van der Waals surface area contributed by atoms with Crippen LogP contribution < -0.4 is 10.7 Å². The molecule has 0 saturated heterocycles. The van der Waals surface area contributed by atoms with Crippen LogP contribution in [-0.4, -0.2) is 10.9 Å². The number of amides is 2. The third-order valence-electron chi connectivity index (χ3n) is 5.15. The Morgan fingerprint density at radius 2 is 1.58 bits per heavy atom. The maximum atomic E-state index is 13.1. The minimum atomic E-state index is -0.239. The van der Waals surface area contributed by atoms with Gasteiger partial charge in [0.1, 0.15) is 5.58 Å². The first-order valence-corrected chi connectivity index (χ1v) is 10.2. The summed E-state index contributed by atoms with van der Waals surface area (Å²) >= 11 is 0. The average Bonchev–Trinajstić information content (AvgIpc) is 2.80. The van der Waals surface area contributed by atoms with Gasteiger partial charge in [-0.25, -0.2) is 4.79 Å². The first kappa shape index (κ1) is 20.4. The first-order chi connectivity index (χ1) is 15.1. The van der Waals surface area contributed by atoms with Crippen molar-refractivity contribution in [3.05, 3.63) is 118 Å². The molecule has 0 radical (unpaired) electrons. The van der Waals surface area contributed by atoms with Crippen LogP contribution in [0.2, 0.25) is 0 Å². The second kappa shape index (κ2) is 9.30. The molecule has 3 aromatic carbocycles. The molecule has 5 nitrogen and oxygen atoms in total. The molecule has 0 aliphatic rings. The quantitative estimate of drug-likeness (QED) is 0.484. The van der Waals surface area contributed by atoms with Crippen molar-refractivity contribution < 1.29 is 9.21 Å². The number of aryl methyl sites for hydroxylation is 1. The van der Waals surface area contributed by atoms with E-state index in [9.17, 15) is 9.59 Å². The van der Waals surface area contributed by atoms with E-state index in [-0.39, 0.29) is 18.0 Å². The molecule has 1 aromatic heterocycles. The molecule has 1 heterocycles. The Balaban J connectivity index is 1.59. The van der Waals surface area contributed by atoms with Crippen molar-refractivity contribution in [2.75, 3.05) is 0 Å². The maximum absolute atomic E-state index is 13.1. The number of benzene rings is 3. The molecule has 0 unspecified atom stereocenters. The van der Waals surface area contributed by atoms with Gasteiger partial charge in [-0.05, 0) is 30.2 Å². The van der Waals surface area contributed by atoms with E-state index < -0.39 is 0 Å². The van der Waals surface area contributed by atoms with Crippen molar-refractivity contribution in [1.82, 2.24) is 10.2 Å². The molecular weight excluding hydrogens is 388 g/mol. The van der Waals surface area contributed by atoms with Crippen molar-refractivity contribution in [3.63, 3.8) is 0 Å². The van der Waals surface area contributed by atoms with Crippen LogP contribution in [-0.2, 0) is 19.6 Å². The van der Waals surface area contributed by atoms with Crippen LogP contribution >= 0.6 is 0 Å². The van der Waals surface area contributed by atoms with Crippen molar-refractivity contribution in [2.45, 2.75) is 26.6 Å². The zero-order valence-electron chi connectivity index (χ0n) is 17.4. The van der Waals surface area contributed by atoms with Gasteiger partial charge in [0.25, 0.3) is 0 Å². The van der Waals surface area contributed by atoms with Gasteiger partial charge in [0.15, 0.2) is 5.43 Å². The van der Waals surface area contributed by atoms with E-state index in [0.29, 0.717) is 29.6 Å². The number of hydrogen-bond donors (Lipinski definition) is 1. The predicted octanol–water partition coefficient (Wildman–Crippen LogP) is 5.01. The highest BCUT2D eigenvalue weighted by Gasteiger charge is 2.17. The topological polar surface area (TPSA) is 62.6 Å². The molecule has 31 heavy (non-hydrogen) atoms. The average molecular weight is 412 g/mol. The van der Waals surface area contributed by atoms with E-state index >= 15 is 0 Å². The number of nitrogens with zero attached hydrogens (tertiary/aromatic N) is 1. The van der Waals surface area contributed by atoms with E-state index in [2.05, 4.69) is 5.32 Å². The molecule has 0 bridgehead atoms. The van der Waals surface area contributed by atoms with E-state index in [1.165, 1.54) is 6.26 Å². The number of urea groups is 1. The normalized spacial score (nSPS) is 10.7. The van der Waals surface area contributed by atoms with Gasteiger partial charge in [-0.15, -0.1) is 0 Å². The summed E-state index contributed by atoms with van der Waals surface area (Å²) in [5.74, 6) is 0. The van der Waals surface area contributed by atoms with Crippen molar-refractivity contribution in [1.29, 1.82) is 0 Å². The molecule has 156 valence electrons. The number of carbonyl (C=O) groups is 1. The fourth-order valence-corrected chi connectivity index (χ4v) is 3.49. The highest BCUT2D eigenvalue weighted by Crippen LogP contribution is 2.15. The van der Waals surface area contributed by atoms with Gasteiger partial charge >= 0.3 is 6.03 Å². The summed E-state index contributed by atoms with van der Waals surface area (Å²) in [4.78, 5) is 27.7. The van der Waals surface area contributed by atoms with Gasteiger partial charge in [0.2, 0.25) is 0 Å². The van der Waals surface area contributed by atoms with Crippen LogP contribution in [0.3, 0.4) is 0 Å². The third-order valence-corrected chi connectivity index (χ3v) is 5.15. The number of fused-ring (bicyclic) bond motifs is 1. The molecule has 0 atom stereocenters. The molecule has 0 fully saturated rings. The zero-order chi connectivity index (χ0) is 21.6. The summed E-state index contributed by atoms with van der Waals surface area (Å²) in [5, 5.41) is 3.49. The van der Waals surface area contributed by atoms with E-state index in [1.807, 2.05) is 79.7 Å². The van der Waals surface area contributed by atoms with E-state index in [1.54, 1.807) is 11.0 Å². The smallest absolute Gasteiger partial charge is 0.318 e. The number of carbonyl (C=O) groups excluding carboxylic acids is 1. The molecule has 1 N–H and O–H groups in total. The van der Waals surface area contributed by atoms with Crippen LogP contribution in [0.1, 0.15) is 22.3 Å². The molecule has 4 rings (SSSR count). The summed E-state index contributed by atoms with van der Waals surface area (Å²) in [6, 6.07) is 24.7. The second-order valence-electron chi connectivity index (χ2n) is 7.58. The molecule has 4 aromatic rings. The molecular formula is C26H24N2O3. The van der Waals surface area contributed by atoms with Gasteiger partial charge in [0.05, 0.1) is 23.8 Å². The van der Waals surface area contributed by atoms with Gasteiger partial charge in [-0.1, -0.05) is 72.3 Å². The maximum Gasteiger partial charge on any atom is 0.318 e. The Morgan fingerprint density at radius 1 is 0.903 bits per heavy atom. The fraction of sp³-hybridized carbons (Fsp3) is 0.154. The predicted molar refractivity (Wildman–Crippen MR) is 122 cm³/mol. The SMILES string of the molecule is Cc1ccc2occ(CN(Cc3ccccc3)C(=O)NCc3ccccc3)c(=O)c2c1. The van der Waals surface area contributed by atoms with Crippen molar-refractivity contribution in [3.8, 4) is 0 Å². The highest BCUT2D eigenvalue weighted by atomic mass is 16.3. The monoisotopic (exact) mass is 412 g/mol. The van der Waals surface area contributed by atoms with E-state index in [4.69, 9.17) is 4.42 Å². The summed E-state index contributed by atoms with van der Waals surface area (Å²) < 4.78 is 5.68. The number of hydrogen-bond acceptors (Lipinski definition) is 3. The van der Waals surface area contributed by atoms with Gasteiger partial charge in [0, 0.05) is 13.1 Å². The van der Waals surface area contributed by atoms with E-state index in [0.717, 1.165) is 16.7 Å². The fourth-order valence-electron chi connectivity index (χ4n) is 3.49. The standard InChI is InChI=1S/C26H24N2O3/c1-19-12-13-24-23(14-19)25(29)22(18-31-24)17-28(16-21-10-6-3-7-11-21)26(30)27-15-20-8-4-2-5-9-20/h2-14,18H,15-17H2,1H3,(H,27,30). The molecule has 0 aliphatic carbocycles. The first-order valence-electron chi connectivity index (χ1n) is 10.2. The largest absolute Gasteiger partial charge is 0.464 e. The summed E-state index contributed by atoms with van der Waals surface area (Å²) in [5.41, 5.74) is 3.86. The summed E-state index contributed by atoms with van der Waals surface area (Å²) in [6.45, 7) is 2.88. The third kappa shape index (κ3) is 5.01. The molecule has 5 heteroatoms. The number of nitrogens with one attached hydrogen (secondary N) is 1. The highest BCUT2D eigenvalue weighted by molar-refractivity contribution is 5.78. The Labute approximate surface area is 180 Å². The minimum absolute atomic E-state index is 0.112. The van der Waals surface area contributed by atoms with Crippen molar-refractivity contribution >= 4 is 17.0 Å². The minimum Gasteiger partial charge on any atom is -0.464 e. The lowest BCUT2D eigenvalue weighted by atomic mass is 10.1. The molecule has 0 aliphatic heterocycles.